The van der Waals surface area contributed by atoms with Crippen molar-refractivity contribution in [1.82, 2.24) is 4.98 Å². The lowest BCUT2D eigenvalue weighted by Crippen LogP contribution is -1.97. The molecule has 0 bridgehead atoms. The maximum Gasteiger partial charge on any atom is 0.147 e. The van der Waals surface area contributed by atoms with Crippen LogP contribution in [0.1, 0.15) is 6.92 Å². The Morgan fingerprint density at radius 1 is 1.28 bits per heavy atom. The molecule has 0 saturated heterocycles. The number of hydrogen-bond donors (Lipinski definition) is 1. The second-order valence-corrected chi connectivity index (χ2v) is 4.38. The lowest BCUT2D eigenvalue weighted by Gasteiger charge is -2.09. The Balaban J connectivity index is 2.23. The number of benzene rings is 1. The minimum Gasteiger partial charge on any atom is -0.454 e. The fourth-order valence-corrected chi connectivity index (χ4v) is 1.80. The van der Waals surface area contributed by atoms with Crippen LogP contribution in [0.5, 0.6) is 11.5 Å². The third kappa shape index (κ3) is 3.06. The second-order valence-electron chi connectivity index (χ2n) is 3.59. The fraction of sp³-hybridized carbons (Fsp3) is 0.154. The van der Waals surface area contributed by atoms with Crippen molar-refractivity contribution >= 4 is 28.9 Å². The Labute approximate surface area is 116 Å². The Morgan fingerprint density at radius 2 is 2.11 bits per heavy atom. The van der Waals surface area contributed by atoms with E-state index in [9.17, 15) is 0 Å². The Hall–Kier alpha value is -1.45. The number of rotatable bonds is 4. The van der Waals surface area contributed by atoms with Gasteiger partial charge in [0.15, 0.2) is 0 Å². The average Bonchev–Trinajstić information content (AvgIpc) is 2.36. The van der Waals surface area contributed by atoms with Gasteiger partial charge in [-0.2, -0.15) is 0 Å². The normalized spacial score (nSPS) is 10.2. The molecule has 94 valence electrons. The molecular formula is C13H12Cl2N2O. The highest BCUT2D eigenvalue weighted by atomic mass is 35.5. The van der Waals surface area contributed by atoms with E-state index in [0.29, 0.717) is 21.5 Å². The Bertz CT molecular complexity index is 546. The van der Waals surface area contributed by atoms with Gasteiger partial charge in [-0.15, -0.1) is 0 Å². The van der Waals surface area contributed by atoms with Crippen LogP contribution >= 0.6 is 23.2 Å². The van der Waals surface area contributed by atoms with Crippen LogP contribution in [0.25, 0.3) is 0 Å². The molecule has 0 atom stereocenters. The molecule has 18 heavy (non-hydrogen) atoms. The number of ether oxygens (including phenoxy) is 1. The molecule has 0 aliphatic carbocycles. The molecule has 0 amide bonds. The summed E-state index contributed by atoms with van der Waals surface area (Å²) in [6.45, 7) is 2.84. The van der Waals surface area contributed by atoms with Crippen LogP contribution in [0.15, 0.2) is 36.7 Å². The minimum absolute atomic E-state index is 0.396. The van der Waals surface area contributed by atoms with Crippen molar-refractivity contribution in [2.45, 2.75) is 6.92 Å². The highest BCUT2D eigenvalue weighted by Crippen LogP contribution is 2.34. The molecule has 1 aromatic heterocycles. The Morgan fingerprint density at radius 3 is 2.89 bits per heavy atom. The summed E-state index contributed by atoms with van der Waals surface area (Å²) in [6.07, 6.45) is 3.36. The zero-order valence-electron chi connectivity index (χ0n) is 9.78. The van der Waals surface area contributed by atoms with Crippen molar-refractivity contribution in [2.75, 3.05) is 11.9 Å². The fourth-order valence-electron chi connectivity index (χ4n) is 1.47. The Kier molecular flexibility index (Phi) is 4.28. The maximum atomic E-state index is 6.05. The van der Waals surface area contributed by atoms with Crippen LogP contribution < -0.4 is 10.1 Å². The quantitative estimate of drug-likeness (QED) is 0.889. The van der Waals surface area contributed by atoms with E-state index in [1.54, 1.807) is 30.6 Å². The molecule has 0 unspecified atom stereocenters. The largest absolute Gasteiger partial charge is 0.454 e. The molecular weight excluding hydrogens is 271 g/mol. The molecule has 1 heterocycles. The van der Waals surface area contributed by atoms with Crippen LogP contribution in [0.2, 0.25) is 10.0 Å². The summed E-state index contributed by atoms with van der Waals surface area (Å²) in [4.78, 5) is 4.09. The topological polar surface area (TPSA) is 34.2 Å². The van der Waals surface area contributed by atoms with Crippen LogP contribution in [0, 0.1) is 0 Å². The summed E-state index contributed by atoms with van der Waals surface area (Å²) < 4.78 is 5.66. The average molecular weight is 283 g/mol. The van der Waals surface area contributed by atoms with Gasteiger partial charge >= 0.3 is 0 Å². The molecule has 3 nitrogen and oxygen atoms in total. The first-order valence-corrected chi connectivity index (χ1v) is 6.27. The molecule has 2 aromatic rings. The van der Waals surface area contributed by atoms with Gasteiger partial charge < -0.3 is 10.1 Å². The van der Waals surface area contributed by atoms with Gasteiger partial charge in [-0.25, -0.2) is 0 Å². The third-order valence-corrected chi connectivity index (χ3v) is 3.04. The first kappa shape index (κ1) is 13.0. The summed E-state index contributed by atoms with van der Waals surface area (Å²) in [6, 6.07) is 7.11. The number of pyridine rings is 1. The van der Waals surface area contributed by atoms with Gasteiger partial charge in [0.2, 0.25) is 0 Å². The maximum absolute atomic E-state index is 6.05. The summed E-state index contributed by atoms with van der Waals surface area (Å²) in [5.41, 5.74) is 0.896. The van der Waals surface area contributed by atoms with Crippen LogP contribution in [0.3, 0.4) is 0 Å². The van der Waals surface area contributed by atoms with Crippen molar-refractivity contribution in [3.05, 3.63) is 46.7 Å². The highest BCUT2D eigenvalue weighted by Gasteiger charge is 2.07. The zero-order chi connectivity index (χ0) is 13.0. The van der Waals surface area contributed by atoms with Gasteiger partial charge in [-0.3, -0.25) is 4.98 Å². The summed E-state index contributed by atoms with van der Waals surface area (Å²) in [5.74, 6) is 1.12. The van der Waals surface area contributed by atoms with E-state index in [4.69, 9.17) is 27.9 Å². The highest BCUT2D eigenvalue weighted by molar-refractivity contribution is 6.42. The summed E-state index contributed by atoms with van der Waals surface area (Å²) in [5, 5.41) is 4.02. The van der Waals surface area contributed by atoms with Crippen molar-refractivity contribution in [2.24, 2.45) is 0 Å². The lowest BCUT2D eigenvalue weighted by molar-refractivity contribution is 0.481. The lowest BCUT2D eigenvalue weighted by atomic mass is 10.3. The third-order valence-electron chi connectivity index (χ3n) is 2.24. The van der Waals surface area contributed by atoms with Crippen LogP contribution in [-0.4, -0.2) is 11.5 Å². The molecule has 1 aromatic carbocycles. The summed E-state index contributed by atoms with van der Waals surface area (Å²) in [7, 11) is 0. The smallest absolute Gasteiger partial charge is 0.147 e. The van der Waals surface area contributed by atoms with Gasteiger partial charge in [0.25, 0.3) is 0 Å². The van der Waals surface area contributed by atoms with Gasteiger partial charge in [0.05, 0.1) is 23.1 Å². The standard InChI is InChI=1S/C13H12Cl2N2O/c1-2-17-9-6-10(8-16-7-9)18-12-5-3-4-11(14)13(12)15/h3-8,17H,2H2,1H3. The number of hydrogen-bond acceptors (Lipinski definition) is 3. The van der Waals surface area contributed by atoms with E-state index >= 15 is 0 Å². The van der Waals surface area contributed by atoms with Crippen LogP contribution in [0.4, 0.5) is 5.69 Å². The van der Waals surface area contributed by atoms with Crippen molar-refractivity contribution in [3.8, 4) is 11.5 Å². The second kappa shape index (κ2) is 5.94. The minimum atomic E-state index is 0.396. The van der Waals surface area contributed by atoms with Crippen molar-refractivity contribution in [3.63, 3.8) is 0 Å². The predicted molar refractivity (Wildman–Crippen MR) is 74.9 cm³/mol. The molecule has 0 aliphatic heterocycles. The van der Waals surface area contributed by atoms with Gasteiger partial charge in [-0.05, 0) is 19.1 Å². The molecule has 1 N–H and O–H groups in total. The van der Waals surface area contributed by atoms with Gasteiger partial charge in [0, 0.05) is 12.6 Å². The van der Waals surface area contributed by atoms with Crippen molar-refractivity contribution < 1.29 is 4.74 Å². The predicted octanol–water partition coefficient (Wildman–Crippen LogP) is 4.61. The van der Waals surface area contributed by atoms with Crippen molar-refractivity contribution in [1.29, 1.82) is 0 Å². The van der Waals surface area contributed by atoms with E-state index in [-0.39, 0.29) is 0 Å². The van der Waals surface area contributed by atoms with E-state index in [1.165, 1.54) is 0 Å². The van der Waals surface area contributed by atoms with Gasteiger partial charge in [-0.1, -0.05) is 29.3 Å². The summed E-state index contributed by atoms with van der Waals surface area (Å²) >= 11 is 12.0. The number of anilines is 1. The van der Waals surface area contributed by atoms with E-state index in [2.05, 4.69) is 10.3 Å². The molecule has 0 radical (unpaired) electrons. The molecule has 0 aliphatic rings. The number of nitrogens with one attached hydrogen (secondary N) is 1. The molecule has 0 saturated carbocycles. The number of aromatic nitrogens is 1. The monoisotopic (exact) mass is 282 g/mol. The molecule has 0 fully saturated rings. The van der Waals surface area contributed by atoms with E-state index < -0.39 is 0 Å². The first-order chi connectivity index (χ1) is 8.70. The van der Waals surface area contributed by atoms with E-state index in [0.717, 1.165) is 12.2 Å². The SMILES string of the molecule is CCNc1cncc(Oc2cccc(Cl)c2Cl)c1. The van der Waals surface area contributed by atoms with Crippen LogP contribution in [-0.2, 0) is 0 Å². The van der Waals surface area contributed by atoms with Gasteiger partial charge in [0.1, 0.15) is 16.5 Å². The first-order valence-electron chi connectivity index (χ1n) is 5.51. The number of halogens is 2. The molecule has 2 rings (SSSR count). The number of nitrogens with zero attached hydrogens (tertiary/aromatic N) is 1. The zero-order valence-corrected chi connectivity index (χ0v) is 11.3. The molecule has 0 spiro atoms. The van der Waals surface area contributed by atoms with E-state index in [1.807, 2.05) is 13.0 Å². The molecule has 5 heteroatoms.